The average molecular weight is 452 g/mol. The molecule has 0 amide bonds. The maximum atomic E-state index is 11.4. The Morgan fingerprint density at radius 3 is 2.59 bits per heavy atom. The molecule has 2 N–H and O–H groups in total. The molecular formula is C23H18ClN3O5. The second-order valence-corrected chi connectivity index (χ2v) is 7.76. The number of aromatic hydroxyl groups is 2. The molecule has 0 atom stereocenters. The zero-order valence-corrected chi connectivity index (χ0v) is 18.1. The number of oxazole rings is 1. The number of fused-ring (bicyclic) bond motifs is 1. The van der Waals surface area contributed by atoms with Gasteiger partial charge in [-0.1, -0.05) is 17.7 Å². The molecule has 1 aromatic heterocycles. The van der Waals surface area contributed by atoms with E-state index >= 15 is 0 Å². The van der Waals surface area contributed by atoms with Gasteiger partial charge < -0.3 is 14.6 Å². The molecule has 0 bridgehead atoms. The van der Waals surface area contributed by atoms with Crippen LogP contribution in [0.2, 0.25) is 5.02 Å². The van der Waals surface area contributed by atoms with Gasteiger partial charge in [0.1, 0.15) is 11.3 Å². The van der Waals surface area contributed by atoms with Crippen LogP contribution in [-0.4, -0.2) is 26.3 Å². The zero-order valence-electron chi connectivity index (χ0n) is 17.4. The first kappa shape index (κ1) is 21.3. The molecule has 4 rings (SSSR count). The number of phenolic OH excluding ortho intramolecular Hbond substituents is 2. The van der Waals surface area contributed by atoms with Gasteiger partial charge in [0.25, 0.3) is 0 Å². The smallest absolute Gasteiger partial charge is 0.315 e. The number of nitrogens with zero attached hydrogens (tertiary/aromatic N) is 3. The van der Waals surface area contributed by atoms with Crippen molar-refractivity contribution in [2.24, 2.45) is 4.99 Å². The predicted octanol–water partition coefficient (Wildman–Crippen LogP) is 6.14. The molecule has 0 fully saturated rings. The van der Waals surface area contributed by atoms with Crippen LogP contribution in [0.1, 0.15) is 22.3 Å². The van der Waals surface area contributed by atoms with Crippen molar-refractivity contribution in [2.45, 2.75) is 20.8 Å². The van der Waals surface area contributed by atoms with Crippen molar-refractivity contribution in [3.05, 3.63) is 73.8 Å². The Bertz CT molecular complexity index is 1430. The van der Waals surface area contributed by atoms with E-state index < -0.39 is 16.4 Å². The van der Waals surface area contributed by atoms with Gasteiger partial charge in [-0.3, -0.25) is 15.1 Å². The normalized spacial score (nSPS) is 11.5. The number of benzene rings is 3. The van der Waals surface area contributed by atoms with Crippen LogP contribution in [0.5, 0.6) is 11.5 Å². The van der Waals surface area contributed by atoms with Crippen molar-refractivity contribution < 1.29 is 19.6 Å². The van der Waals surface area contributed by atoms with Gasteiger partial charge in [0, 0.05) is 17.3 Å². The summed E-state index contributed by atoms with van der Waals surface area (Å²) >= 11 is 6.23. The monoisotopic (exact) mass is 451 g/mol. The summed E-state index contributed by atoms with van der Waals surface area (Å²) in [5.41, 5.74) is 3.33. The standard InChI is InChI=1S/C23H18ClN3O5/c1-11-4-6-17-19(8-11)32-23(26-17)15-9-14(5-7-18(15)28)25-10-16-12(2)20(24)13(3)21(22(16)29)27(30)31/h4-10,28-29H,1-3H3. The van der Waals surface area contributed by atoms with Crippen molar-refractivity contribution in [2.75, 3.05) is 0 Å². The van der Waals surface area contributed by atoms with Crippen molar-refractivity contribution in [3.8, 4) is 23.0 Å². The summed E-state index contributed by atoms with van der Waals surface area (Å²) in [6, 6.07) is 10.2. The first-order chi connectivity index (χ1) is 15.2. The molecule has 162 valence electrons. The fourth-order valence-electron chi connectivity index (χ4n) is 3.43. The highest BCUT2D eigenvalue weighted by molar-refractivity contribution is 6.33. The summed E-state index contributed by atoms with van der Waals surface area (Å²) in [5, 5.41) is 32.3. The Morgan fingerprint density at radius 2 is 1.88 bits per heavy atom. The molecule has 0 saturated carbocycles. The highest BCUT2D eigenvalue weighted by atomic mass is 35.5. The molecule has 9 heteroatoms. The number of halogens is 1. The summed E-state index contributed by atoms with van der Waals surface area (Å²) < 4.78 is 5.79. The number of aromatic nitrogens is 1. The average Bonchev–Trinajstić information content (AvgIpc) is 3.16. The van der Waals surface area contributed by atoms with Crippen LogP contribution < -0.4 is 0 Å². The molecule has 1 heterocycles. The van der Waals surface area contributed by atoms with Crippen LogP contribution in [-0.2, 0) is 0 Å². The van der Waals surface area contributed by atoms with E-state index in [0.29, 0.717) is 27.9 Å². The lowest BCUT2D eigenvalue weighted by atomic mass is 10.0. The van der Waals surface area contributed by atoms with Crippen LogP contribution in [0.3, 0.4) is 0 Å². The van der Waals surface area contributed by atoms with Gasteiger partial charge in [0.15, 0.2) is 5.58 Å². The lowest BCUT2D eigenvalue weighted by Gasteiger charge is -2.10. The number of rotatable bonds is 4. The fourth-order valence-corrected chi connectivity index (χ4v) is 3.62. The summed E-state index contributed by atoms with van der Waals surface area (Å²) in [7, 11) is 0. The number of hydrogen-bond acceptors (Lipinski definition) is 7. The number of hydrogen-bond donors (Lipinski definition) is 2. The molecule has 0 aliphatic carbocycles. The topological polar surface area (TPSA) is 122 Å². The Hall–Kier alpha value is -3.91. The lowest BCUT2D eigenvalue weighted by molar-refractivity contribution is -0.386. The van der Waals surface area contributed by atoms with Gasteiger partial charge in [-0.25, -0.2) is 4.98 Å². The van der Waals surface area contributed by atoms with Crippen LogP contribution in [0.15, 0.2) is 45.8 Å². The Kier molecular flexibility index (Phi) is 5.31. The van der Waals surface area contributed by atoms with Crippen LogP contribution in [0.25, 0.3) is 22.6 Å². The third kappa shape index (κ3) is 3.65. The van der Waals surface area contributed by atoms with E-state index in [1.54, 1.807) is 19.1 Å². The molecule has 32 heavy (non-hydrogen) atoms. The van der Waals surface area contributed by atoms with Gasteiger partial charge in [0.2, 0.25) is 11.6 Å². The maximum Gasteiger partial charge on any atom is 0.315 e. The quantitative estimate of drug-likeness (QED) is 0.218. The molecule has 0 aliphatic heterocycles. The summed E-state index contributed by atoms with van der Waals surface area (Å²) in [6.45, 7) is 5.05. The Labute approximate surface area is 187 Å². The maximum absolute atomic E-state index is 11.4. The largest absolute Gasteiger partial charge is 0.507 e. The van der Waals surface area contributed by atoms with Crippen molar-refractivity contribution in [1.29, 1.82) is 0 Å². The third-order valence-corrected chi connectivity index (χ3v) is 5.74. The van der Waals surface area contributed by atoms with Crippen molar-refractivity contribution in [1.82, 2.24) is 4.98 Å². The van der Waals surface area contributed by atoms with E-state index in [-0.39, 0.29) is 27.8 Å². The Balaban J connectivity index is 1.77. The van der Waals surface area contributed by atoms with E-state index in [1.165, 1.54) is 19.2 Å². The van der Waals surface area contributed by atoms with Gasteiger partial charge in [-0.2, -0.15) is 0 Å². The first-order valence-corrected chi connectivity index (χ1v) is 9.95. The fraction of sp³-hybridized carbons (Fsp3) is 0.130. The van der Waals surface area contributed by atoms with Gasteiger partial charge in [-0.05, 0) is 62.2 Å². The zero-order chi connectivity index (χ0) is 23.2. The van der Waals surface area contributed by atoms with E-state index in [4.69, 9.17) is 16.0 Å². The van der Waals surface area contributed by atoms with Gasteiger partial charge in [0.05, 0.1) is 21.2 Å². The van der Waals surface area contributed by atoms with Crippen molar-refractivity contribution >= 4 is 40.3 Å². The predicted molar refractivity (Wildman–Crippen MR) is 122 cm³/mol. The van der Waals surface area contributed by atoms with E-state index in [1.807, 2.05) is 25.1 Å². The minimum atomic E-state index is -0.680. The minimum absolute atomic E-state index is 0.0414. The summed E-state index contributed by atoms with van der Waals surface area (Å²) in [6.07, 6.45) is 1.30. The first-order valence-electron chi connectivity index (χ1n) is 9.58. The molecule has 3 aromatic carbocycles. The SMILES string of the molecule is Cc1ccc2nc(-c3cc(N=Cc4c(C)c(Cl)c(C)c([N+](=O)[O-])c4O)ccc3O)oc2c1. The summed E-state index contributed by atoms with van der Waals surface area (Å²) in [4.78, 5) is 19.4. The van der Waals surface area contributed by atoms with E-state index in [9.17, 15) is 20.3 Å². The molecule has 0 radical (unpaired) electrons. The number of phenols is 2. The number of aryl methyl sites for hydroxylation is 1. The summed E-state index contributed by atoms with van der Waals surface area (Å²) in [5.74, 6) is -0.319. The molecule has 8 nitrogen and oxygen atoms in total. The van der Waals surface area contributed by atoms with E-state index in [2.05, 4.69) is 9.98 Å². The minimum Gasteiger partial charge on any atom is -0.507 e. The second-order valence-electron chi connectivity index (χ2n) is 7.38. The number of aliphatic imine (C=N–C) groups is 1. The molecule has 0 unspecified atom stereocenters. The number of nitro benzene ring substituents is 1. The van der Waals surface area contributed by atoms with Crippen LogP contribution >= 0.6 is 11.6 Å². The highest BCUT2D eigenvalue weighted by Gasteiger charge is 2.25. The molecule has 0 saturated heterocycles. The molecule has 0 aliphatic rings. The van der Waals surface area contributed by atoms with Gasteiger partial charge >= 0.3 is 5.69 Å². The van der Waals surface area contributed by atoms with Gasteiger partial charge in [-0.15, -0.1) is 0 Å². The van der Waals surface area contributed by atoms with Crippen LogP contribution in [0.4, 0.5) is 11.4 Å². The second kappa shape index (κ2) is 7.97. The molecule has 0 spiro atoms. The van der Waals surface area contributed by atoms with Crippen molar-refractivity contribution in [3.63, 3.8) is 0 Å². The third-order valence-electron chi connectivity index (χ3n) is 5.18. The molecule has 4 aromatic rings. The van der Waals surface area contributed by atoms with Crippen LogP contribution in [0, 0.1) is 30.9 Å². The van der Waals surface area contributed by atoms with E-state index in [0.717, 1.165) is 5.56 Å². The number of nitro groups is 1. The lowest BCUT2D eigenvalue weighted by Crippen LogP contribution is -2.00. The molecular weight excluding hydrogens is 434 g/mol. The highest BCUT2D eigenvalue weighted by Crippen LogP contribution is 2.40. The Morgan fingerprint density at radius 1 is 1.12 bits per heavy atom.